The van der Waals surface area contributed by atoms with Crippen molar-refractivity contribution >= 4 is 22.4 Å². The van der Waals surface area contributed by atoms with Gasteiger partial charge in [-0.2, -0.15) is 0 Å². The fourth-order valence-electron chi connectivity index (χ4n) is 4.29. The summed E-state index contributed by atoms with van der Waals surface area (Å²) in [7, 11) is 0. The number of carbonyl (C=O) groups excluding carboxylic acids is 1. The van der Waals surface area contributed by atoms with Crippen LogP contribution in [-0.4, -0.2) is 30.5 Å². The Labute approximate surface area is 193 Å². The molecular weight excluding hydrogens is 439 g/mol. The molecule has 1 aliphatic rings. The number of halogens is 1. The van der Waals surface area contributed by atoms with Gasteiger partial charge in [-0.15, -0.1) is 10.2 Å². The average Bonchev–Trinajstić information content (AvgIpc) is 3.09. The molecule has 0 aliphatic carbocycles. The van der Waals surface area contributed by atoms with E-state index in [1.54, 1.807) is 36.4 Å². The van der Waals surface area contributed by atoms with Crippen LogP contribution in [0.1, 0.15) is 31.5 Å². The maximum Gasteiger partial charge on any atom is 0.273 e. The second-order valence-corrected chi connectivity index (χ2v) is 8.34. The molecule has 5 rings (SSSR count). The SMILES string of the molecule is O=C(CCn1[nH]c(=O)c2ccccc2c1=O)Nc1cc(-c2nnc3n2CCCCC3)ccc1F. The van der Waals surface area contributed by atoms with E-state index in [1.165, 1.54) is 6.07 Å². The monoisotopic (exact) mass is 462 g/mol. The largest absolute Gasteiger partial charge is 0.324 e. The molecule has 10 heteroatoms. The molecule has 0 atom stereocenters. The van der Waals surface area contributed by atoms with Crippen LogP contribution in [0.4, 0.5) is 10.1 Å². The molecule has 34 heavy (non-hydrogen) atoms. The first-order valence-corrected chi connectivity index (χ1v) is 11.2. The topological polar surface area (TPSA) is 115 Å². The predicted molar refractivity (Wildman–Crippen MR) is 125 cm³/mol. The molecule has 1 amide bonds. The van der Waals surface area contributed by atoms with Crippen LogP contribution >= 0.6 is 0 Å². The number of benzene rings is 2. The lowest BCUT2D eigenvalue weighted by molar-refractivity contribution is -0.116. The van der Waals surface area contributed by atoms with Gasteiger partial charge in [-0.25, -0.2) is 9.07 Å². The number of aryl methyl sites for hydroxylation is 2. The van der Waals surface area contributed by atoms with Crippen molar-refractivity contribution in [2.24, 2.45) is 0 Å². The molecule has 9 nitrogen and oxygen atoms in total. The molecule has 2 aromatic heterocycles. The van der Waals surface area contributed by atoms with Gasteiger partial charge in [-0.3, -0.25) is 19.5 Å². The van der Waals surface area contributed by atoms with Crippen LogP contribution in [0, 0.1) is 5.82 Å². The number of anilines is 1. The average molecular weight is 462 g/mol. The number of hydrogen-bond acceptors (Lipinski definition) is 5. The number of nitrogens with one attached hydrogen (secondary N) is 2. The summed E-state index contributed by atoms with van der Waals surface area (Å²) in [4.78, 5) is 37.4. The van der Waals surface area contributed by atoms with Crippen LogP contribution in [0.25, 0.3) is 22.2 Å². The van der Waals surface area contributed by atoms with E-state index in [1.807, 2.05) is 4.57 Å². The molecule has 0 fully saturated rings. The van der Waals surface area contributed by atoms with Gasteiger partial charge in [0.1, 0.15) is 11.6 Å². The summed E-state index contributed by atoms with van der Waals surface area (Å²) >= 11 is 0. The first kappa shape index (κ1) is 21.7. The molecule has 174 valence electrons. The Morgan fingerprint density at radius 2 is 1.88 bits per heavy atom. The smallest absolute Gasteiger partial charge is 0.273 e. The fourth-order valence-corrected chi connectivity index (χ4v) is 4.29. The zero-order valence-corrected chi connectivity index (χ0v) is 18.4. The Kier molecular flexibility index (Phi) is 5.79. The van der Waals surface area contributed by atoms with Crippen molar-refractivity contribution in [1.29, 1.82) is 0 Å². The summed E-state index contributed by atoms with van der Waals surface area (Å²) in [6.07, 6.45) is 3.94. The maximum atomic E-state index is 14.5. The van der Waals surface area contributed by atoms with E-state index in [0.29, 0.717) is 16.8 Å². The third-order valence-corrected chi connectivity index (χ3v) is 6.05. The van der Waals surface area contributed by atoms with Crippen molar-refractivity contribution in [1.82, 2.24) is 24.5 Å². The van der Waals surface area contributed by atoms with Gasteiger partial charge in [-0.1, -0.05) is 18.6 Å². The normalized spacial score (nSPS) is 13.4. The summed E-state index contributed by atoms with van der Waals surface area (Å²) in [5.74, 6) is 0.492. The van der Waals surface area contributed by atoms with E-state index in [0.717, 1.165) is 42.7 Å². The molecule has 1 aliphatic heterocycles. The Bertz CT molecular complexity index is 1500. The van der Waals surface area contributed by atoms with E-state index in [4.69, 9.17) is 0 Å². The Hall–Kier alpha value is -4.08. The molecule has 4 aromatic rings. The number of amides is 1. The number of aromatic amines is 1. The summed E-state index contributed by atoms with van der Waals surface area (Å²) in [6, 6.07) is 10.9. The lowest BCUT2D eigenvalue weighted by atomic mass is 10.1. The Morgan fingerprint density at radius 1 is 1.06 bits per heavy atom. The lowest BCUT2D eigenvalue weighted by Gasteiger charge is -2.11. The van der Waals surface area contributed by atoms with Gasteiger partial charge in [0.25, 0.3) is 11.1 Å². The molecule has 0 saturated carbocycles. The highest BCUT2D eigenvalue weighted by atomic mass is 19.1. The van der Waals surface area contributed by atoms with Crippen LogP contribution in [0.2, 0.25) is 0 Å². The summed E-state index contributed by atoms with van der Waals surface area (Å²) < 4.78 is 17.6. The van der Waals surface area contributed by atoms with Gasteiger partial charge < -0.3 is 9.88 Å². The minimum absolute atomic E-state index is 0.0211. The molecule has 0 unspecified atom stereocenters. The first-order chi connectivity index (χ1) is 16.5. The molecule has 2 aromatic carbocycles. The van der Waals surface area contributed by atoms with Crippen LogP contribution in [0.5, 0.6) is 0 Å². The van der Waals surface area contributed by atoms with Crippen LogP contribution in [-0.2, 0) is 24.3 Å². The van der Waals surface area contributed by atoms with Crippen molar-refractivity contribution in [3.63, 3.8) is 0 Å². The zero-order valence-electron chi connectivity index (χ0n) is 18.4. The van der Waals surface area contributed by atoms with Crippen molar-refractivity contribution in [2.45, 2.75) is 45.2 Å². The van der Waals surface area contributed by atoms with Gasteiger partial charge in [0.2, 0.25) is 5.91 Å². The number of rotatable bonds is 5. The molecule has 0 radical (unpaired) electrons. The van der Waals surface area contributed by atoms with E-state index in [-0.39, 0.29) is 24.0 Å². The quantitative estimate of drug-likeness (QED) is 0.473. The van der Waals surface area contributed by atoms with E-state index >= 15 is 0 Å². The van der Waals surface area contributed by atoms with Crippen LogP contribution in [0.15, 0.2) is 52.1 Å². The fraction of sp³-hybridized carbons (Fsp3) is 0.292. The molecular formula is C24H23FN6O3. The molecule has 0 spiro atoms. The van der Waals surface area contributed by atoms with Crippen LogP contribution in [0.3, 0.4) is 0 Å². The summed E-state index contributed by atoms with van der Waals surface area (Å²) in [5.41, 5.74) is -0.134. The Morgan fingerprint density at radius 3 is 2.74 bits per heavy atom. The predicted octanol–water partition coefficient (Wildman–Crippen LogP) is 2.84. The molecule has 0 bridgehead atoms. The first-order valence-electron chi connectivity index (χ1n) is 11.2. The standard InChI is InChI=1S/C24H23FN6O3/c25-18-10-9-15(22-28-27-20-8-2-1-5-12-30(20)22)14-19(18)26-21(32)11-13-31-24(34)17-7-4-3-6-16(17)23(33)29-31/h3-4,6-7,9-10,14H,1-2,5,8,11-13H2,(H,26,32)(H,29,33). The van der Waals surface area contributed by atoms with Crippen molar-refractivity contribution < 1.29 is 9.18 Å². The number of H-pyrrole nitrogens is 1. The second kappa shape index (κ2) is 9.05. The van der Waals surface area contributed by atoms with E-state index in [9.17, 15) is 18.8 Å². The van der Waals surface area contributed by atoms with Crippen molar-refractivity contribution in [3.8, 4) is 11.4 Å². The molecule has 3 heterocycles. The third-order valence-electron chi connectivity index (χ3n) is 6.05. The summed E-state index contributed by atoms with van der Waals surface area (Å²) in [6.45, 7) is 0.749. The minimum atomic E-state index is -0.580. The second-order valence-electron chi connectivity index (χ2n) is 8.34. The van der Waals surface area contributed by atoms with Gasteiger partial charge >= 0.3 is 0 Å². The van der Waals surface area contributed by atoms with Crippen molar-refractivity contribution in [2.75, 3.05) is 5.32 Å². The minimum Gasteiger partial charge on any atom is -0.324 e. The molecule has 2 N–H and O–H groups in total. The maximum absolute atomic E-state index is 14.5. The number of fused-ring (bicyclic) bond motifs is 2. The number of carbonyl (C=O) groups is 1. The highest BCUT2D eigenvalue weighted by molar-refractivity contribution is 5.91. The summed E-state index contributed by atoms with van der Waals surface area (Å²) in [5, 5.41) is 14.2. The van der Waals surface area contributed by atoms with E-state index < -0.39 is 22.8 Å². The lowest BCUT2D eigenvalue weighted by Crippen LogP contribution is -2.31. The highest BCUT2D eigenvalue weighted by Gasteiger charge is 2.18. The highest BCUT2D eigenvalue weighted by Crippen LogP contribution is 2.26. The zero-order chi connectivity index (χ0) is 23.7. The number of nitrogens with zero attached hydrogens (tertiary/aromatic N) is 4. The number of hydrogen-bond donors (Lipinski definition) is 2. The van der Waals surface area contributed by atoms with Gasteiger partial charge in [0, 0.05) is 24.9 Å². The van der Waals surface area contributed by atoms with Gasteiger partial charge in [-0.05, 0) is 43.2 Å². The third kappa shape index (κ3) is 4.14. The van der Waals surface area contributed by atoms with Gasteiger partial charge in [0.15, 0.2) is 5.82 Å². The molecule has 0 saturated heterocycles. The van der Waals surface area contributed by atoms with E-state index in [2.05, 4.69) is 20.6 Å². The van der Waals surface area contributed by atoms with Gasteiger partial charge in [0.05, 0.1) is 23.0 Å². The van der Waals surface area contributed by atoms with Crippen LogP contribution < -0.4 is 16.4 Å². The number of aromatic nitrogens is 5. The van der Waals surface area contributed by atoms with Crippen molar-refractivity contribution in [3.05, 3.63) is 74.8 Å². The Balaban J connectivity index is 1.34.